The van der Waals surface area contributed by atoms with Gasteiger partial charge >= 0.3 is 17.9 Å². The van der Waals surface area contributed by atoms with Crippen LogP contribution < -0.4 is 5.32 Å². The average molecular weight is 506 g/mol. The lowest BCUT2D eigenvalue weighted by atomic mass is 9.80. The molecule has 0 spiro atoms. The number of hydrogen-bond acceptors (Lipinski definition) is 6. The number of carboxylic acids is 2. The van der Waals surface area contributed by atoms with Gasteiger partial charge in [0.05, 0.1) is 24.0 Å². The van der Waals surface area contributed by atoms with Gasteiger partial charge in [-0.15, -0.1) is 0 Å². The van der Waals surface area contributed by atoms with Gasteiger partial charge in [-0.3, -0.25) is 24.5 Å². The third-order valence-electron chi connectivity index (χ3n) is 5.26. The zero-order chi connectivity index (χ0) is 27.4. The highest BCUT2D eigenvalue weighted by atomic mass is 16.5. The number of carboxylic acid groups (broad SMARTS) is 2. The van der Waals surface area contributed by atoms with Gasteiger partial charge in [0.1, 0.15) is 0 Å². The SMILES string of the molecule is C=C(C)C(=O)OCCC(C=Cc1ccccc1)(CC(=O)O)C(=O)O.O=C1C=C(c2ccccc2)C(=O)N1. The fourth-order valence-electron chi connectivity index (χ4n) is 3.27. The van der Waals surface area contributed by atoms with E-state index in [1.165, 1.54) is 19.1 Å². The molecule has 9 nitrogen and oxygen atoms in total. The Morgan fingerprint density at radius 2 is 1.59 bits per heavy atom. The Morgan fingerprint density at radius 1 is 1.00 bits per heavy atom. The minimum Gasteiger partial charge on any atom is -0.481 e. The molecule has 3 N–H and O–H groups in total. The number of nitrogens with one attached hydrogen (secondary N) is 1. The van der Waals surface area contributed by atoms with Crippen LogP contribution in [0.2, 0.25) is 0 Å². The molecule has 2 amide bonds. The van der Waals surface area contributed by atoms with Crippen molar-refractivity contribution in [3.05, 3.63) is 96.1 Å². The first kappa shape index (κ1) is 28.4. The molecular weight excluding hydrogens is 478 g/mol. The van der Waals surface area contributed by atoms with Crippen LogP contribution >= 0.6 is 0 Å². The smallest absolute Gasteiger partial charge is 0.333 e. The second-order valence-corrected chi connectivity index (χ2v) is 8.18. The number of carbonyl (C=O) groups excluding carboxylic acids is 3. The molecule has 9 heteroatoms. The Kier molecular flexibility index (Phi) is 10.3. The molecule has 0 radical (unpaired) electrons. The van der Waals surface area contributed by atoms with E-state index < -0.39 is 29.7 Å². The summed E-state index contributed by atoms with van der Waals surface area (Å²) in [4.78, 5) is 56.2. The van der Waals surface area contributed by atoms with Crippen LogP contribution in [0.1, 0.15) is 30.9 Å². The van der Waals surface area contributed by atoms with Crippen LogP contribution in [0.5, 0.6) is 0 Å². The molecular formula is C28H27NO8. The first-order valence-corrected chi connectivity index (χ1v) is 11.2. The molecule has 1 heterocycles. The van der Waals surface area contributed by atoms with E-state index in [9.17, 15) is 29.1 Å². The Morgan fingerprint density at radius 3 is 2.08 bits per heavy atom. The Hall–Kier alpha value is -4.79. The second-order valence-electron chi connectivity index (χ2n) is 8.18. The molecule has 2 aromatic carbocycles. The Bertz CT molecular complexity index is 1230. The highest BCUT2D eigenvalue weighted by Crippen LogP contribution is 2.30. The highest BCUT2D eigenvalue weighted by Gasteiger charge is 2.38. The molecule has 0 saturated heterocycles. The van der Waals surface area contributed by atoms with E-state index in [1.54, 1.807) is 42.5 Å². The molecule has 0 aromatic heterocycles. The first-order chi connectivity index (χ1) is 17.5. The van der Waals surface area contributed by atoms with Crippen LogP contribution in [0.25, 0.3) is 11.6 Å². The van der Waals surface area contributed by atoms with Crippen molar-refractivity contribution in [3.63, 3.8) is 0 Å². The van der Waals surface area contributed by atoms with E-state index >= 15 is 0 Å². The van der Waals surface area contributed by atoms with Gasteiger partial charge in [-0.05, 0) is 18.1 Å². The molecule has 1 aliphatic heterocycles. The van der Waals surface area contributed by atoms with Crippen LogP contribution in [0.3, 0.4) is 0 Å². The van der Waals surface area contributed by atoms with Crippen LogP contribution in [0.15, 0.2) is 85.0 Å². The van der Waals surface area contributed by atoms with Gasteiger partial charge in [-0.2, -0.15) is 0 Å². The van der Waals surface area contributed by atoms with Gasteiger partial charge in [0.25, 0.3) is 11.8 Å². The molecule has 192 valence electrons. The van der Waals surface area contributed by atoms with Crippen molar-refractivity contribution in [2.75, 3.05) is 6.61 Å². The quantitative estimate of drug-likeness (QED) is 0.253. The number of aliphatic carboxylic acids is 2. The van der Waals surface area contributed by atoms with E-state index in [-0.39, 0.29) is 30.4 Å². The van der Waals surface area contributed by atoms with Crippen molar-refractivity contribution >= 4 is 41.4 Å². The van der Waals surface area contributed by atoms with Crippen molar-refractivity contribution in [2.24, 2.45) is 5.41 Å². The zero-order valence-corrected chi connectivity index (χ0v) is 20.2. The number of esters is 1. The Labute approximate surface area is 213 Å². The van der Waals surface area contributed by atoms with Gasteiger partial charge in [0, 0.05) is 18.1 Å². The van der Waals surface area contributed by atoms with Gasteiger partial charge in [-0.1, -0.05) is 79.4 Å². The van der Waals surface area contributed by atoms with Crippen molar-refractivity contribution < 1.29 is 38.9 Å². The molecule has 1 atom stereocenters. The predicted molar refractivity (Wildman–Crippen MR) is 136 cm³/mol. The lowest BCUT2D eigenvalue weighted by Crippen LogP contribution is -2.33. The number of carbonyl (C=O) groups is 5. The molecule has 1 aliphatic rings. The summed E-state index contributed by atoms with van der Waals surface area (Å²) in [5, 5.41) is 20.8. The van der Waals surface area contributed by atoms with E-state index in [0.717, 1.165) is 11.1 Å². The van der Waals surface area contributed by atoms with Crippen molar-refractivity contribution in [2.45, 2.75) is 19.8 Å². The fourth-order valence-corrected chi connectivity index (χ4v) is 3.27. The number of imide groups is 1. The largest absolute Gasteiger partial charge is 0.481 e. The third-order valence-corrected chi connectivity index (χ3v) is 5.26. The monoisotopic (exact) mass is 505 g/mol. The van der Waals surface area contributed by atoms with Gasteiger partial charge in [0.2, 0.25) is 0 Å². The molecule has 0 bridgehead atoms. The van der Waals surface area contributed by atoms with E-state index in [0.29, 0.717) is 5.57 Å². The maximum Gasteiger partial charge on any atom is 0.333 e. The topological polar surface area (TPSA) is 147 Å². The Balaban J connectivity index is 0.000000308. The predicted octanol–water partition coefficient (Wildman–Crippen LogP) is 3.48. The molecule has 0 saturated carbocycles. The van der Waals surface area contributed by atoms with E-state index in [4.69, 9.17) is 9.84 Å². The molecule has 2 aromatic rings. The summed E-state index contributed by atoms with van der Waals surface area (Å²) in [5.74, 6) is -3.85. The standard InChI is InChI=1S/C18H20O6.C10H7NO2/c1-13(2)16(21)24-11-10-18(17(22)23,12-15(19)20)9-8-14-6-4-3-5-7-14;12-9-6-8(10(13)11-9)7-4-2-1-3-5-7/h3-9H,1,10-12H2,2H3,(H,19,20)(H,22,23);1-6H,(H,11,12,13). The lowest BCUT2D eigenvalue weighted by molar-refractivity contribution is -0.154. The third kappa shape index (κ3) is 8.74. The number of benzene rings is 2. The maximum absolute atomic E-state index is 11.7. The zero-order valence-electron chi connectivity index (χ0n) is 20.2. The van der Waals surface area contributed by atoms with Gasteiger partial charge in [-0.25, -0.2) is 4.79 Å². The van der Waals surface area contributed by atoms with Crippen molar-refractivity contribution in [1.29, 1.82) is 0 Å². The van der Waals surface area contributed by atoms with Crippen molar-refractivity contribution in [3.8, 4) is 0 Å². The number of amides is 2. The summed E-state index contributed by atoms with van der Waals surface area (Å²) in [5.41, 5.74) is 0.467. The lowest BCUT2D eigenvalue weighted by Gasteiger charge is -2.24. The van der Waals surface area contributed by atoms with Gasteiger partial charge < -0.3 is 14.9 Å². The average Bonchev–Trinajstić information content (AvgIpc) is 3.21. The maximum atomic E-state index is 11.7. The van der Waals surface area contributed by atoms with Crippen LogP contribution in [-0.2, 0) is 28.7 Å². The summed E-state index contributed by atoms with van der Waals surface area (Å²) >= 11 is 0. The summed E-state index contributed by atoms with van der Waals surface area (Å²) in [6.45, 7) is 4.68. The van der Waals surface area contributed by atoms with Gasteiger partial charge in [0.15, 0.2) is 0 Å². The molecule has 0 aliphatic carbocycles. The molecule has 0 fully saturated rings. The van der Waals surface area contributed by atoms with Crippen LogP contribution in [0, 0.1) is 5.41 Å². The summed E-state index contributed by atoms with van der Waals surface area (Å²) < 4.78 is 4.91. The number of ether oxygens (including phenoxy) is 1. The summed E-state index contributed by atoms with van der Waals surface area (Å²) in [7, 11) is 0. The minimum atomic E-state index is -1.67. The molecule has 3 rings (SSSR count). The summed E-state index contributed by atoms with van der Waals surface area (Å²) in [6.07, 6.45) is 3.44. The molecule has 37 heavy (non-hydrogen) atoms. The molecule has 1 unspecified atom stereocenters. The number of hydrogen-bond donors (Lipinski definition) is 3. The van der Waals surface area contributed by atoms with Crippen LogP contribution in [0.4, 0.5) is 0 Å². The summed E-state index contributed by atoms with van der Waals surface area (Å²) in [6, 6.07) is 18.0. The fraction of sp³-hybridized carbons (Fsp3) is 0.179. The van der Waals surface area contributed by atoms with Crippen molar-refractivity contribution in [1.82, 2.24) is 5.32 Å². The second kappa shape index (κ2) is 13.3. The number of rotatable bonds is 10. The van der Waals surface area contributed by atoms with E-state index in [2.05, 4.69) is 11.9 Å². The highest BCUT2D eigenvalue weighted by molar-refractivity contribution is 6.33. The normalized spacial score (nSPS) is 14.0. The first-order valence-electron chi connectivity index (χ1n) is 11.2. The minimum absolute atomic E-state index is 0.156. The van der Waals surface area contributed by atoms with E-state index in [1.807, 2.05) is 24.3 Å². The van der Waals surface area contributed by atoms with Crippen LogP contribution in [-0.4, -0.2) is 46.5 Å².